The molecule has 1 atom stereocenters. The van der Waals surface area contributed by atoms with Crippen molar-refractivity contribution in [2.24, 2.45) is 0 Å². The van der Waals surface area contributed by atoms with Crippen molar-refractivity contribution in [2.75, 3.05) is 44.6 Å². The summed E-state index contributed by atoms with van der Waals surface area (Å²) < 4.78 is 4.92. The number of benzene rings is 1. The van der Waals surface area contributed by atoms with Crippen LogP contribution in [0.1, 0.15) is 6.42 Å². The first kappa shape index (κ1) is 15.3. The van der Waals surface area contributed by atoms with E-state index < -0.39 is 6.04 Å². The monoisotopic (exact) mass is 291 g/mol. The van der Waals surface area contributed by atoms with E-state index in [1.807, 2.05) is 43.3 Å². The van der Waals surface area contributed by atoms with Gasteiger partial charge in [0.2, 0.25) is 5.91 Å². The summed E-state index contributed by atoms with van der Waals surface area (Å²) in [4.78, 5) is 27.3. The third-order valence-electron chi connectivity index (χ3n) is 3.49. The van der Waals surface area contributed by atoms with Crippen LogP contribution in [0.15, 0.2) is 24.3 Å². The predicted molar refractivity (Wildman–Crippen MR) is 81.4 cm³/mol. The van der Waals surface area contributed by atoms with Crippen LogP contribution in [0.25, 0.3) is 0 Å². The number of rotatable bonds is 6. The van der Waals surface area contributed by atoms with E-state index in [9.17, 15) is 9.59 Å². The van der Waals surface area contributed by atoms with Gasteiger partial charge in [0.15, 0.2) is 0 Å². The molecule has 1 aliphatic heterocycles. The molecule has 2 amide bonds. The number of likely N-dealkylation sites (tertiary alicyclic amines) is 1. The number of imide groups is 1. The van der Waals surface area contributed by atoms with Gasteiger partial charge in [-0.1, -0.05) is 0 Å². The second-order valence-electron chi connectivity index (χ2n) is 5.22. The highest BCUT2D eigenvalue weighted by molar-refractivity contribution is 6.06. The molecule has 0 spiro atoms. The minimum Gasteiger partial charge on any atom is -0.383 e. The zero-order valence-electron chi connectivity index (χ0n) is 12.6. The van der Waals surface area contributed by atoms with Crippen molar-refractivity contribution < 1.29 is 14.3 Å². The van der Waals surface area contributed by atoms with Crippen molar-refractivity contribution in [3.05, 3.63) is 24.3 Å². The fourth-order valence-electron chi connectivity index (χ4n) is 2.27. The number of carbonyl (C=O) groups excluding carboxylic acids is 2. The number of amides is 2. The molecular weight excluding hydrogens is 270 g/mol. The summed E-state index contributed by atoms with van der Waals surface area (Å²) in [5.41, 5.74) is 1.91. The summed E-state index contributed by atoms with van der Waals surface area (Å²) in [6.45, 7) is 0.674. The molecule has 6 nitrogen and oxygen atoms in total. The molecule has 0 bridgehead atoms. The Kier molecular flexibility index (Phi) is 4.80. The van der Waals surface area contributed by atoms with E-state index in [1.54, 1.807) is 7.11 Å². The maximum atomic E-state index is 12.2. The first-order chi connectivity index (χ1) is 10.0. The van der Waals surface area contributed by atoms with Gasteiger partial charge >= 0.3 is 0 Å². The molecule has 1 aromatic rings. The van der Waals surface area contributed by atoms with Crippen LogP contribution in [0.5, 0.6) is 0 Å². The van der Waals surface area contributed by atoms with Crippen LogP contribution in [0.4, 0.5) is 11.4 Å². The lowest BCUT2D eigenvalue weighted by Gasteiger charge is -2.16. The quantitative estimate of drug-likeness (QED) is 0.790. The van der Waals surface area contributed by atoms with Gasteiger partial charge in [0, 0.05) is 32.6 Å². The number of methoxy groups -OCH3 is 1. The first-order valence-electron chi connectivity index (χ1n) is 6.90. The molecule has 1 fully saturated rings. The van der Waals surface area contributed by atoms with Crippen molar-refractivity contribution in [1.29, 1.82) is 0 Å². The Labute approximate surface area is 124 Å². The molecule has 6 heteroatoms. The van der Waals surface area contributed by atoms with Crippen LogP contribution in [-0.2, 0) is 14.3 Å². The van der Waals surface area contributed by atoms with Crippen molar-refractivity contribution in [2.45, 2.75) is 12.5 Å². The summed E-state index contributed by atoms with van der Waals surface area (Å²) in [5.74, 6) is -0.340. The van der Waals surface area contributed by atoms with Gasteiger partial charge in [-0.15, -0.1) is 0 Å². The number of nitrogens with one attached hydrogen (secondary N) is 1. The number of anilines is 2. The molecule has 0 saturated carbocycles. The average Bonchev–Trinajstić information content (AvgIpc) is 2.72. The molecule has 0 radical (unpaired) electrons. The highest BCUT2D eigenvalue weighted by Crippen LogP contribution is 2.20. The first-order valence-corrected chi connectivity index (χ1v) is 6.90. The summed E-state index contributed by atoms with van der Waals surface area (Å²) in [5, 5.41) is 3.12. The molecule has 21 heavy (non-hydrogen) atoms. The third kappa shape index (κ3) is 3.52. The van der Waals surface area contributed by atoms with Gasteiger partial charge in [0.05, 0.1) is 19.6 Å². The van der Waals surface area contributed by atoms with Crippen LogP contribution >= 0.6 is 0 Å². The van der Waals surface area contributed by atoms with Crippen molar-refractivity contribution >= 4 is 23.2 Å². The standard InChI is InChI=1S/C15H21N3O3/c1-17(2)12-6-4-11(5-7-12)16-13-10-14(19)18(15(13)20)8-9-21-3/h4-7,13,16H,8-10H2,1-3H3. The topological polar surface area (TPSA) is 61.9 Å². The van der Waals surface area contributed by atoms with Crippen LogP contribution in [-0.4, -0.2) is 57.1 Å². The fourth-order valence-corrected chi connectivity index (χ4v) is 2.27. The third-order valence-corrected chi connectivity index (χ3v) is 3.49. The van der Waals surface area contributed by atoms with E-state index in [-0.39, 0.29) is 18.2 Å². The minimum absolute atomic E-state index is 0.153. The molecule has 1 aromatic carbocycles. The lowest BCUT2D eigenvalue weighted by molar-refractivity contribution is -0.139. The second kappa shape index (κ2) is 6.58. The maximum absolute atomic E-state index is 12.2. The smallest absolute Gasteiger partial charge is 0.252 e. The molecule has 1 saturated heterocycles. The van der Waals surface area contributed by atoms with Gasteiger partial charge in [0.25, 0.3) is 5.91 Å². The van der Waals surface area contributed by atoms with Gasteiger partial charge in [-0.25, -0.2) is 0 Å². The zero-order chi connectivity index (χ0) is 15.4. The largest absolute Gasteiger partial charge is 0.383 e. The van der Waals surface area contributed by atoms with Crippen LogP contribution < -0.4 is 10.2 Å². The van der Waals surface area contributed by atoms with E-state index in [0.29, 0.717) is 13.2 Å². The summed E-state index contributed by atoms with van der Waals surface area (Å²) in [6, 6.07) is 7.26. The van der Waals surface area contributed by atoms with E-state index in [2.05, 4.69) is 5.32 Å². The highest BCUT2D eigenvalue weighted by atomic mass is 16.5. The van der Waals surface area contributed by atoms with E-state index in [1.165, 1.54) is 4.90 Å². The summed E-state index contributed by atoms with van der Waals surface area (Å²) in [6.07, 6.45) is 0.192. The van der Waals surface area contributed by atoms with Crippen LogP contribution in [0.2, 0.25) is 0 Å². The Morgan fingerprint density at radius 1 is 1.29 bits per heavy atom. The molecule has 2 rings (SSSR count). The van der Waals surface area contributed by atoms with Crippen molar-refractivity contribution in [3.63, 3.8) is 0 Å². The molecule has 1 N–H and O–H groups in total. The van der Waals surface area contributed by atoms with Gasteiger partial charge < -0.3 is 15.0 Å². The minimum atomic E-state index is -0.487. The average molecular weight is 291 g/mol. The van der Waals surface area contributed by atoms with Crippen LogP contribution in [0.3, 0.4) is 0 Å². The number of carbonyl (C=O) groups is 2. The molecule has 0 aromatic heterocycles. The highest BCUT2D eigenvalue weighted by Gasteiger charge is 2.38. The van der Waals surface area contributed by atoms with Gasteiger partial charge in [-0.3, -0.25) is 14.5 Å². The molecular formula is C15H21N3O3. The van der Waals surface area contributed by atoms with Gasteiger partial charge in [0.1, 0.15) is 6.04 Å². The molecule has 1 unspecified atom stereocenters. The molecule has 0 aliphatic carbocycles. The lowest BCUT2D eigenvalue weighted by atomic mass is 10.2. The molecule has 114 valence electrons. The Morgan fingerprint density at radius 3 is 2.52 bits per heavy atom. The second-order valence-corrected chi connectivity index (χ2v) is 5.22. The normalized spacial score (nSPS) is 18.2. The van der Waals surface area contributed by atoms with Crippen molar-refractivity contribution in [1.82, 2.24) is 4.90 Å². The lowest BCUT2D eigenvalue weighted by Crippen LogP contribution is -2.36. The summed E-state index contributed by atoms with van der Waals surface area (Å²) in [7, 11) is 5.48. The molecule has 1 aliphatic rings. The number of hydrogen-bond donors (Lipinski definition) is 1. The number of nitrogens with zero attached hydrogens (tertiary/aromatic N) is 2. The Balaban J connectivity index is 2.00. The SMILES string of the molecule is COCCN1C(=O)CC(Nc2ccc(N(C)C)cc2)C1=O. The van der Waals surface area contributed by atoms with E-state index in [0.717, 1.165) is 11.4 Å². The molecule has 1 heterocycles. The van der Waals surface area contributed by atoms with E-state index >= 15 is 0 Å². The Bertz CT molecular complexity index is 513. The van der Waals surface area contributed by atoms with Crippen LogP contribution in [0, 0.1) is 0 Å². The van der Waals surface area contributed by atoms with Gasteiger partial charge in [-0.05, 0) is 24.3 Å². The zero-order valence-corrected chi connectivity index (χ0v) is 12.6. The summed E-state index contributed by atoms with van der Waals surface area (Å²) >= 11 is 0. The predicted octanol–water partition coefficient (Wildman–Crippen LogP) is 0.938. The van der Waals surface area contributed by atoms with E-state index in [4.69, 9.17) is 4.74 Å². The maximum Gasteiger partial charge on any atom is 0.252 e. The Morgan fingerprint density at radius 2 is 1.95 bits per heavy atom. The Hall–Kier alpha value is -2.08. The fraction of sp³-hybridized carbons (Fsp3) is 0.467. The van der Waals surface area contributed by atoms with Crippen molar-refractivity contribution in [3.8, 4) is 0 Å². The number of hydrogen-bond acceptors (Lipinski definition) is 5. The number of ether oxygens (including phenoxy) is 1. The van der Waals surface area contributed by atoms with Gasteiger partial charge in [-0.2, -0.15) is 0 Å².